The van der Waals surface area contributed by atoms with Crippen LogP contribution in [0.3, 0.4) is 0 Å². The minimum absolute atomic E-state index is 0.0505. The zero-order valence-electron chi connectivity index (χ0n) is 14.3. The lowest BCUT2D eigenvalue weighted by molar-refractivity contribution is -0.131. The van der Waals surface area contributed by atoms with Gasteiger partial charge in [0, 0.05) is 30.3 Å². The maximum Gasteiger partial charge on any atom is 0.223 e. The minimum atomic E-state index is 0.0505. The van der Waals surface area contributed by atoms with Crippen molar-refractivity contribution < 1.29 is 14.3 Å². The average Bonchev–Trinajstić information content (AvgIpc) is 3.07. The van der Waals surface area contributed by atoms with Crippen molar-refractivity contribution in [3.63, 3.8) is 0 Å². The van der Waals surface area contributed by atoms with Crippen molar-refractivity contribution in [2.75, 3.05) is 26.5 Å². The lowest BCUT2D eigenvalue weighted by Crippen LogP contribution is -2.30. The van der Waals surface area contributed by atoms with E-state index in [2.05, 4.69) is 6.92 Å². The molecular formula is C18H27NO3S. The van der Waals surface area contributed by atoms with Crippen LogP contribution in [-0.2, 0) is 4.79 Å². The second-order valence-electron chi connectivity index (χ2n) is 5.73. The summed E-state index contributed by atoms with van der Waals surface area (Å²) >= 11 is 1.80. The molecule has 4 nitrogen and oxygen atoms in total. The van der Waals surface area contributed by atoms with Gasteiger partial charge in [0.05, 0.1) is 14.2 Å². The number of hydrogen-bond donors (Lipinski definition) is 0. The number of amides is 1. The molecule has 1 aromatic carbocycles. The van der Waals surface area contributed by atoms with Crippen LogP contribution in [0.4, 0.5) is 0 Å². The van der Waals surface area contributed by atoms with E-state index in [1.807, 2.05) is 23.1 Å². The van der Waals surface area contributed by atoms with Crippen LogP contribution in [0.5, 0.6) is 11.5 Å². The Kier molecular flexibility index (Phi) is 7.09. The van der Waals surface area contributed by atoms with Gasteiger partial charge in [-0.3, -0.25) is 4.79 Å². The van der Waals surface area contributed by atoms with E-state index in [0.717, 1.165) is 42.2 Å². The van der Waals surface area contributed by atoms with Crippen molar-refractivity contribution >= 4 is 17.7 Å². The Morgan fingerprint density at radius 1 is 1.26 bits per heavy atom. The molecule has 1 heterocycles. The zero-order valence-corrected chi connectivity index (χ0v) is 15.2. The molecule has 1 amide bonds. The molecule has 0 radical (unpaired) electrons. The topological polar surface area (TPSA) is 38.8 Å². The first-order valence-electron chi connectivity index (χ1n) is 8.34. The summed E-state index contributed by atoms with van der Waals surface area (Å²) in [5, 5.41) is 0.0505. The highest BCUT2D eigenvalue weighted by Gasteiger charge is 2.32. The van der Waals surface area contributed by atoms with Crippen LogP contribution in [0.25, 0.3) is 0 Å². The van der Waals surface area contributed by atoms with E-state index in [1.165, 1.54) is 12.8 Å². The molecule has 0 saturated carbocycles. The number of rotatable bonds is 8. The van der Waals surface area contributed by atoms with Gasteiger partial charge in [-0.25, -0.2) is 0 Å². The number of carbonyl (C=O) groups is 1. The third kappa shape index (κ3) is 4.56. The van der Waals surface area contributed by atoms with Gasteiger partial charge in [0.1, 0.15) is 16.9 Å². The Hall–Kier alpha value is -1.36. The molecule has 23 heavy (non-hydrogen) atoms. The number of unbranched alkanes of at least 4 members (excludes halogenated alkanes) is 3. The highest BCUT2D eigenvalue weighted by atomic mass is 32.2. The predicted molar refractivity (Wildman–Crippen MR) is 95.2 cm³/mol. The summed E-state index contributed by atoms with van der Waals surface area (Å²) in [6.07, 6.45) is 5.17. The lowest BCUT2D eigenvalue weighted by atomic mass is 10.1. The number of ether oxygens (including phenoxy) is 2. The van der Waals surface area contributed by atoms with Crippen molar-refractivity contribution in [3.8, 4) is 11.5 Å². The van der Waals surface area contributed by atoms with E-state index in [0.29, 0.717) is 6.42 Å². The first-order chi connectivity index (χ1) is 11.2. The van der Waals surface area contributed by atoms with Gasteiger partial charge in [0.2, 0.25) is 5.91 Å². The van der Waals surface area contributed by atoms with Gasteiger partial charge < -0.3 is 14.4 Å². The molecule has 0 bridgehead atoms. The van der Waals surface area contributed by atoms with Gasteiger partial charge in [-0.05, 0) is 18.6 Å². The summed E-state index contributed by atoms with van der Waals surface area (Å²) in [6, 6.07) is 5.83. The highest BCUT2D eigenvalue weighted by Crippen LogP contribution is 2.43. The number of hydrogen-bond acceptors (Lipinski definition) is 4. The number of benzene rings is 1. The Balaban J connectivity index is 2.07. The molecule has 1 atom stereocenters. The molecule has 1 saturated heterocycles. The Bertz CT molecular complexity index is 521. The van der Waals surface area contributed by atoms with Gasteiger partial charge >= 0.3 is 0 Å². The molecule has 1 fully saturated rings. The molecule has 1 aliphatic heterocycles. The van der Waals surface area contributed by atoms with E-state index < -0.39 is 0 Å². The fourth-order valence-corrected chi connectivity index (χ4v) is 4.15. The first-order valence-corrected chi connectivity index (χ1v) is 9.39. The molecule has 2 rings (SSSR count). The maximum absolute atomic E-state index is 12.6. The van der Waals surface area contributed by atoms with Crippen LogP contribution >= 0.6 is 11.8 Å². The summed E-state index contributed by atoms with van der Waals surface area (Å²) in [4.78, 5) is 14.6. The molecular weight excluding hydrogens is 310 g/mol. The van der Waals surface area contributed by atoms with E-state index in [1.54, 1.807) is 26.0 Å². The zero-order chi connectivity index (χ0) is 16.7. The van der Waals surface area contributed by atoms with E-state index in [-0.39, 0.29) is 11.3 Å². The van der Waals surface area contributed by atoms with Crippen LogP contribution in [0.2, 0.25) is 0 Å². The second kappa shape index (κ2) is 9.06. The first kappa shape index (κ1) is 18.0. The minimum Gasteiger partial charge on any atom is -0.497 e. The van der Waals surface area contributed by atoms with E-state index in [4.69, 9.17) is 9.47 Å². The van der Waals surface area contributed by atoms with Crippen molar-refractivity contribution in [2.24, 2.45) is 0 Å². The summed E-state index contributed by atoms with van der Waals surface area (Å²) in [7, 11) is 3.31. The lowest BCUT2D eigenvalue weighted by Gasteiger charge is -2.25. The standard InChI is InChI=1S/C18H27NO3S/c1-4-5-6-7-8-17(20)19-11-12-23-18(19)15-10-9-14(21-2)13-16(15)22-3/h9-10,13,18H,4-8,11-12H2,1-3H3. The largest absolute Gasteiger partial charge is 0.497 e. The van der Waals surface area contributed by atoms with Gasteiger partial charge in [0.25, 0.3) is 0 Å². The second-order valence-corrected chi connectivity index (χ2v) is 6.92. The number of thioether (sulfide) groups is 1. The number of methoxy groups -OCH3 is 2. The highest BCUT2D eigenvalue weighted by molar-refractivity contribution is 7.99. The Labute approximate surface area is 143 Å². The number of carbonyl (C=O) groups excluding carboxylic acids is 1. The molecule has 1 unspecified atom stereocenters. The van der Waals surface area contributed by atoms with Gasteiger partial charge in [0.15, 0.2) is 0 Å². The average molecular weight is 337 g/mol. The molecule has 128 valence electrons. The third-order valence-electron chi connectivity index (χ3n) is 4.16. The fourth-order valence-electron chi connectivity index (χ4n) is 2.85. The van der Waals surface area contributed by atoms with Crippen molar-refractivity contribution in [2.45, 2.75) is 44.4 Å². The maximum atomic E-state index is 12.6. The molecule has 0 aromatic heterocycles. The van der Waals surface area contributed by atoms with Crippen LogP contribution in [-0.4, -0.2) is 37.3 Å². The molecule has 0 spiro atoms. The molecule has 1 aromatic rings. The van der Waals surface area contributed by atoms with Gasteiger partial charge in [-0.1, -0.05) is 26.2 Å². The van der Waals surface area contributed by atoms with Crippen LogP contribution in [0, 0.1) is 0 Å². The van der Waals surface area contributed by atoms with Crippen LogP contribution < -0.4 is 9.47 Å². The van der Waals surface area contributed by atoms with Crippen molar-refractivity contribution in [1.29, 1.82) is 0 Å². The summed E-state index contributed by atoms with van der Waals surface area (Å²) in [5.74, 6) is 2.79. The Morgan fingerprint density at radius 3 is 2.78 bits per heavy atom. The summed E-state index contributed by atoms with van der Waals surface area (Å²) in [6.45, 7) is 3.00. The Morgan fingerprint density at radius 2 is 2.09 bits per heavy atom. The molecule has 1 aliphatic rings. The SMILES string of the molecule is CCCCCCC(=O)N1CCSC1c1ccc(OC)cc1OC. The number of nitrogens with zero attached hydrogens (tertiary/aromatic N) is 1. The summed E-state index contributed by atoms with van der Waals surface area (Å²) < 4.78 is 10.8. The quantitative estimate of drug-likeness (QED) is 0.665. The van der Waals surface area contributed by atoms with Crippen molar-refractivity contribution in [1.82, 2.24) is 4.90 Å². The third-order valence-corrected chi connectivity index (χ3v) is 5.40. The van der Waals surface area contributed by atoms with Crippen LogP contribution in [0.1, 0.15) is 50.0 Å². The van der Waals surface area contributed by atoms with E-state index >= 15 is 0 Å². The molecule has 0 N–H and O–H groups in total. The van der Waals surface area contributed by atoms with Crippen molar-refractivity contribution in [3.05, 3.63) is 23.8 Å². The van der Waals surface area contributed by atoms with Gasteiger partial charge in [-0.15, -0.1) is 11.8 Å². The molecule has 5 heteroatoms. The van der Waals surface area contributed by atoms with Crippen LogP contribution in [0.15, 0.2) is 18.2 Å². The normalized spacial score (nSPS) is 17.3. The summed E-state index contributed by atoms with van der Waals surface area (Å²) in [5.41, 5.74) is 1.05. The molecule has 0 aliphatic carbocycles. The smallest absolute Gasteiger partial charge is 0.223 e. The predicted octanol–water partition coefficient (Wildman–Crippen LogP) is 4.25. The fraction of sp³-hybridized carbons (Fsp3) is 0.611. The van der Waals surface area contributed by atoms with E-state index in [9.17, 15) is 4.79 Å². The monoisotopic (exact) mass is 337 g/mol. The van der Waals surface area contributed by atoms with Gasteiger partial charge in [-0.2, -0.15) is 0 Å².